The summed E-state index contributed by atoms with van der Waals surface area (Å²) < 4.78 is 11.6. The van der Waals surface area contributed by atoms with Gasteiger partial charge in [-0.25, -0.2) is 14.8 Å². The monoisotopic (exact) mass is 439 g/mol. The zero-order valence-corrected chi connectivity index (χ0v) is 19.4. The van der Waals surface area contributed by atoms with Crippen LogP contribution in [0.3, 0.4) is 0 Å². The fourth-order valence-corrected chi connectivity index (χ4v) is 4.60. The molecule has 0 unspecified atom stereocenters. The summed E-state index contributed by atoms with van der Waals surface area (Å²) in [5, 5.41) is 0.994. The Hall–Kier alpha value is -2.51. The molecule has 0 aliphatic carbocycles. The van der Waals surface area contributed by atoms with Crippen LogP contribution in [-0.4, -0.2) is 45.8 Å². The normalized spacial score (nSPS) is 15.4. The van der Waals surface area contributed by atoms with E-state index < -0.39 is 5.60 Å². The molecule has 1 fully saturated rings. The van der Waals surface area contributed by atoms with Crippen molar-refractivity contribution in [2.24, 2.45) is 0 Å². The summed E-state index contributed by atoms with van der Waals surface area (Å²) in [7, 11) is 0. The van der Waals surface area contributed by atoms with E-state index in [0.29, 0.717) is 19.7 Å². The minimum atomic E-state index is -0.467. The second-order valence-corrected chi connectivity index (χ2v) is 9.96. The van der Waals surface area contributed by atoms with Crippen LogP contribution in [0.4, 0.5) is 4.79 Å². The van der Waals surface area contributed by atoms with Crippen LogP contribution in [0.1, 0.15) is 44.7 Å². The van der Waals surface area contributed by atoms with Gasteiger partial charge in [0.1, 0.15) is 21.0 Å². The molecule has 4 rings (SSSR count). The van der Waals surface area contributed by atoms with Crippen molar-refractivity contribution in [2.75, 3.05) is 13.1 Å². The van der Waals surface area contributed by atoms with Gasteiger partial charge in [0.25, 0.3) is 0 Å². The first kappa shape index (κ1) is 21.7. The van der Waals surface area contributed by atoms with E-state index in [-0.39, 0.29) is 12.2 Å². The number of nitrogens with zero attached hydrogens (tertiary/aromatic N) is 3. The van der Waals surface area contributed by atoms with Gasteiger partial charge in [-0.2, -0.15) is 0 Å². The molecule has 0 radical (unpaired) electrons. The van der Waals surface area contributed by atoms with Gasteiger partial charge in [0.05, 0.1) is 12.7 Å². The number of piperidine rings is 1. The molecule has 1 aliphatic rings. The molecule has 7 heteroatoms. The summed E-state index contributed by atoms with van der Waals surface area (Å²) >= 11 is 1.61. The fourth-order valence-electron chi connectivity index (χ4n) is 3.62. The van der Waals surface area contributed by atoms with Gasteiger partial charge in [-0.05, 0) is 57.7 Å². The van der Waals surface area contributed by atoms with Gasteiger partial charge in [-0.15, -0.1) is 0 Å². The fraction of sp³-hybridized carbons (Fsp3) is 0.458. The minimum Gasteiger partial charge on any atom is -0.444 e. The number of ether oxygens (including phenoxy) is 2. The number of amides is 1. The Balaban J connectivity index is 1.34. The van der Waals surface area contributed by atoms with Crippen LogP contribution in [0.15, 0.2) is 36.5 Å². The van der Waals surface area contributed by atoms with Crippen LogP contribution in [-0.2, 0) is 16.1 Å². The van der Waals surface area contributed by atoms with E-state index in [1.54, 1.807) is 16.2 Å². The van der Waals surface area contributed by atoms with Crippen LogP contribution in [0, 0.1) is 6.92 Å². The smallest absolute Gasteiger partial charge is 0.410 e. The Morgan fingerprint density at radius 3 is 2.68 bits per heavy atom. The Labute approximate surface area is 187 Å². The van der Waals surface area contributed by atoms with E-state index in [1.165, 1.54) is 5.56 Å². The van der Waals surface area contributed by atoms with Crippen molar-refractivity contribution in [3.05, 3.63) is 47.7 Å². The molecule has 31 heavy (non-hydrogen) atoms. The van der Waals surface area contributed by atoms with Gasteiger partial charge in [-0.1, -0.05) is 35.6 Å². The lowest BCUT2D eigenvalue weighted by Gasteiger charge is -2.33. The number of benzene rings is 1. The quantitative estimate of drug-likeness (QED) is 0.531. The number of hydrogen-bond donors (Lipinski definition) is 0. The number of aromatic nitrogens is 2. The second-order valence-electron chi connectivity index (χ2n) is 8.98. The van der Waals surface area contributed by atoms with Crippen LogP contribution in [0.2, 0.25) is 0 Å². The van der Waals surface area contributed by atoms with E-state index in [2.05, 4.69) is 30.1 Å². The number of rotatable bonds is 4. The molecule has 0 bridgehead atoms. The van der Waals surface area contributed by atoms with Gasteiger partial charge >= 0.3 is 6.09 Å². The highest BCUT2D eigenvalue weighted by molar-refractivity contribution is 7.21. The van der Waals surface area contributed by atoms with Crippen LogP contribution >= 0.6 is 11.3 Å². The molecule has 1 aromatic carbocycles. The predicted octanol–water partition coefficient (Wildman–Crippen LogP) is 5.58. The maximum atomic E-state index is 12.2. The van der Waals surface area contributed by atoms with E-state index >= 15 is 0 Å². The number of carbonyl (C=O) groups is 1. The van der Waals surface area contributed by atoms with E-state index in [0.717, 1.165) is 39.3 Å². The summed E-state index contributed by atoms with van der Waals surface area (Å²) in [4.78, 5) is 24.3. The number of pyridine rings is 1. The summed E-state index contributed by atoms with van der Waals surface area (Å²) in [6.07, 6.45) is 3.38. The third-order valence-electron chi connectivity index (χ3n) is 5.26. The SMILES string of the molecule is Cc1ccccc1-c1nc2cc(COC3CCN(C(=O)OC(C)(C)C)CC3)cnc2s1. The van der Waals surface area contributed by atoms with Gasteiger partial charge in [0.15, 0.2) is 0 Å². The molecule has 0 saturated carbocycles. The lowest BCUT2D eigenvalue weighted by Crippen LogP contribution is -2.43. The topological polar surface area (TPSA) is 64.5 Å². The first-order valence-electron chi connectivity index (χ1n) is 10.7. The third-order valence-corrected chi connectivity index (χ3v) is 6.27. The maximum Gasteiger partial charge on any atom is 0.410 e. The number of fused-ring (bicyclic) bond motifs is 1. The Kier molecular flexibility index (Phi) is 6.25. The average molecular weight is 440 g/mol. The van der Waals surface area contributed by atoms with Gasteiger partial charge in [-0.3, -0.25) is 0 Å². The molecular formula is C24H29N3O3S. The molecule has 3 heterocycles. The average Bonchev–Trinajstić information content (AvgIpc) is 3.15. The zero-order chi connectivity index (χ0) is 22.0. The van der Waals surface area contributed by atoms with Gasteiger partial charge in [0.2, 0.25) is 0 Å². The molecule has 1 amide bonds. The van der Waals surface area contributed by atoms with Crippen molar-refractivity contribution < 1.29 is 14.3 Å². The van der Waals surface area contributed by atoms with E-state index in [9.17, 15) is 4.79 Å². The second kappa shape index (κ2) is 8.93. The summed E-state index contributed by atoms with van der Waals surface area (Å²) in [5.74, 6) is 0. The molecular weight excluding hydrogens is 410 g/mol. The van der Waals surface area contributed by atoms with Crippen molar-refractivity contribution in [3.8, 4) is 10.6 Å². The lowest BCUT2D eigenvalue weighted by atomic mass is 10.1. The van der Waals surface area contributed by atoms with Crippen LogP contribution in [0.25, 0.3) is 20.9 Å². The van der Waals surface area contributed by atoms with Crippen molar-refractivity contribution in [1.29, 1.82) is 0 Å². The maximum absolute atomic E-state index is 12.2. The van der Waals surface area contributed by atoms with E-state index in [4.69, 9.17) is 14.5 Å². The Bertz CT molecular complexity index is 1070. The number of thiazole rings is 1. The molecule has 1 saturated heterocycles. The standard InChI is InChI=1S/C24H29N3O3S/c1-16-7-5-6-8-19(16)21-26-20-13-17(14-25-22(20)31-21)15-29-18-9-11-27(12-10-18)23(28)30-24(2,3)4/h5-8,13-14,18H,9-12,15H2,1-4H3. The molecule has 6 nitrogen and oxygen atoms in total. The lowest BCUT2D eigenvalue weighted by molar-refractivity contribution is -0.0170. The summed E-state index contributed by atoms with van der Waals surface area (Å²) in [5.41, 5.74) is 3.82. The summed E-state index contributed by atoms with van der Waals surface area (Å²) in [6.45, 7) is 9.57. The number of aryl methyl sites for hydroxylation is 1. The zero-order valence-electron chi connectivity index (χ0n) is 18.6. The largest absolute Gasteiger partial charge is 0.444 e. The van der Waals surface area contributed by atoms with Gasteiger partial charge in [0, 0.05) is 24.8 Å². The van der Waals surface area contributed by atoms with E-state index in [1.807, 2.05) is 39.1 Å². The van der Waals surface area contributed by atoms with Crippen molar-refractivity contribution >= 4 is 27.8 Å². The Morgan fingerprint density at radius 1 is 1.23 bits per heavy atom. The third kappa shape index (κ3) is 5.40. The molecule has 1 aliphatic heterocycles. The van der Waals surface area contributed by atoms with Crippen LogP contribution < -0.4 is 0 Å². The van der Waals surface area contributed by atoms with Crippen molar-refractivity contribution in [3.63, 3.8) is 0 Å². The number of hydrogen-bond acceptors (Lipinski definition) is 6. The molecule has 164 valence electrons. The number of likely N-dealkylation sites (tertiary alicyclic amines) is 1. The Morgan fingerprint density at radius 2 is 1.97 bits per heavy atom. The minimum absolute atomic E-state index is 0.132. The molecule has 2 aromatic heterocycles. The first-order chi connectivity index (χ1) is 14.8. The molecule has 3 aromatic rings. The van der Waals surface area contributed by atoms with Crippen molar-refractivity contribution in [1.82, 2.24) is 14.9 Å². The molecule has 0 N–H and O–H groups in total. The highest BCUT2D eigenvalue weighted by atomic mass is 32.1. The summed E-state index contributed by atoms with van der Waals surface area (Å²) in [6, 6.07) is 10.3. The predicted molar refractivity (Wildman–Crippen MR) is 123 cm³/mol. The molecule has 0 atom stereocenters. The highest BCUT2D eigenvalue weighted by Crippen LogP contribution is 2.31. The highest BCUT2D eigenvalue weighted by Gasteiger charge is 2.27. The van der Waals surface area contributed by atoms with Gasteiger partial charge < -0.3 is 14.4 Å². The number of carbonyl (C=O) groups excluding carboxylic acids is 1. The van der Waals surface area contributed by atoms with Crippen LogP contribution in [0.5, 0.6) is 0 Å². The first-order valence-corrected chi connectivity index (χ1v) is 11.5. The molecule has 0 spiro atoms. The van der Waals surface area contributed by atoms with Crippen molar-refractivity contribution in [2.45, 2.75) is 58.8 Å².